The summed E-state index contributed by atoms with van der Waals surface area (Å²) in [4.78, 5) is 16.8. The number of halogens is 1. The third-order valence-corrected chi connectivity index (χ3v) is 5.91. The Morgan fingerprint density at radius 3 is 2.30 bits per heavy atom. The molecule has 0 spiro atoms. The molecule has 2 aliphatic rings. The zero-order chi connectivity index (χ0) is 18.8. The van der Waals surface area contributed by atoms with Crippen LogP contribution < -0.4 is 14.7 Å². The van der Waals surface area contributed by atoms with Gasteiger partial charge in [-0.2, -0.15) is 4.98 Å². The van der Waals surface area contributed by atoms with E-state index in [1.165, 1.54) is 18.5 Å². The van der Waals surface area contributed by atoms with Crippen molar-refractivity contribution in [2.45, 2.75) is 26.7 Å². The van der Waals surface area contributed by atoms with Gasteiger partial charge in [0, 0.05) is 61.7 Å². The Labute approximate surface area is 167 Å². The molecule has 0 bridgehead atoms. The van der Waals surface area contributed by atoms with Gasteiger partial charge in [0.2, 0.25) is 5.95 Å². The van der Waals surface area contributed by atoms with Crippen LogP contribution >= 0.6 is 11.6 Å². The molecule has 144 valence electrons. The summed E-state index contributed by atoms with van der Waals surface area (Å²) in [6.07, 6.45) is 2.45. The van der Waals surface area contributed by atoms with Gasteiger partial charge in [-0.15, -0.1) is 0 Å². The molecule has 5 nitrogen and oxygen atoms in total. The molecule has 27 heavy (non-hydrogen) atoms. The van der Waals surface area contributed by atoms with E-state index < -0.39 is 0 Å². The molecule has 2 aliphatic heterocycles. The van der Waals surface area contributed by atoms with Gasteiger partial charge >= 0.3 is 0 Å². The van der Waals surface area contributed by atoms with Crippen molar-refractivity contribution in [1.29, 1.82) is 0 Å². The summed E-state index contributed by atoms with van der Waals surface area (Å²) in [5.74, 6) is 2.76. The predicted octanol–water partition coefficient (Wildman–Crippen LogP) is 4.00. The molecule has 2 saturated heterocycles. The lowest BCUT2D eigenvalue weighted by Gasteiger charge is -2.37. The summed E-state index contributed by atoms with van der Waals surface area (Å²) in [6.45, 7) is 10.4. The van der Waals surface area contributed by atoms with Gasteiger partial charge < -0.3 is 14.7 Å². The number of hydrogen-bond donors (Lipinski definition) is 0. The highest BCUT2D eigenvalue weighted by Gasteiger charge is 2.22. The van der Waals surface area contributed by atoms with Gasteiger partial charge in [-0.25, -0.2) is 4.98 Å². The summed E-state index contributed by atoms with van der Waals surface area (Å²) < 4.78 is 0. The number of hydrogen-bond acceptors (Lipinski definition) is 5. The highest BCUT2D eigenvalue weighted by molar-refractivity contribution is 6.30. The van der Waals surface area contributed by atoms with Crippen molar-refractivity contribution in [2.75, 3.05) is 54.0 Å². The second-order valence-corrected chi connectivity index (χ2v) is 8.23. The lowest BCUT2D eigenvalue weighted by atomic mass is 10.00. The number of rotatable bonds is 3. The molecule has 1 aromatic heterocycles. The van der Waals surface area contributed by atoms with Crippen molar-refractivity contribution in [3.05, 3.63) is 41.0 Å². The van der Waals surface area contributed by atoms with E-state index in [0.29, 0.717) is 0 Å². The minimum atomic E-state index is 0.793. The van der Waals surface area contributed by atoms with Crippen LogP contribution in [-0.2, 0) is 0 Å². The first-order valence-electron chi connectivity index (χ1n) is 9.94. The quantitative estimate of drug-likeness (QED) is 0.797. The fourth-order valence-corrected chi connectivity index (χ4v) is 4.10. The van der Waals surface area contributed by atoms with Crippen molar-refractivity contribution in [1.82, 2.24) is 9.97 Å². The van der Waals surface area contributed by atoms with Crippen LogP contribution in [0.2, 0.25) is 5.02 Å². The number of nitrogens with zero attached hydrogens (tertiary/aromatic N) is 5. The van der Waals surface area contributed by atoms with Crippen molar-refractivity contribution in [3.8, 4) is 0 Å². The van der Waals surface area contributed by atoms with Crippen LogP contribution in [0.3, 0.4) is 0 Å². The normalized spacial score (nSPS) is 18.9. The molecule has 2 fully saturated rings. The number of aryl methyl sites for hydroxylation is 1. The van der Waals surface area contributed by atoms with E-state index in [0.717, 1.165) is 67.7 Å². The average molecular weight is 386 g/mol. The lowest BCUT2D eigenvalue weighted by molar-refractivity contribution is 0.434. The minimum Gasteiger partial charge on any atom is -0.368 e. The molecule has 0 N–H and O–H groups in total. The van der Waals surface area contributed by atoms with Crippen LogP contribution in [0.15, 0.2) is 30.3 Å². The van der Waals surface area contributed by atoms with E-state index in [4.69, 9.17) is 21.6 Å². The monoisotopic (exact) mass is 385 g/mol. The maximum Gasteiger partial charge on any atom is 0.227 e. The molecule has 0 unspecified atom stereocenters. The van der Waals surface area contributed by atoms with Gasteiger partial charge in [-0.1, -0.05) is 24.6 Å². The Morgan fingerprint density at radius 2 is 1.59 bits per heavy atom. The zero-order valence-electron chi connectivity index (χ0n) is 16.2. The highest BCUT2D eigenvalue weighted by atomic mass is 35.5. The van der Waals surface area contributed by atoms with Gasteiger partial charge in [-0.3, -0.25) is 0 Å². The third-order valence-electron chi connectivity index (χ3n) is 5.67. The van der Waals surface area contributed by atoms with Crippen LogP contribution in [0.5, 0.6) is 0 Å². The summed E-state index contributed by atoms with van der Waals surface area (Å²) in [7, 11) is 0. The van der Waals surface area contributed by atoms with E-state index >= 15 is 0 Å². The Morgan fingerprint density at radius 1 is 0.889 bits per heavy atom. The third kappa shape index (κ3) is 4.29. The smallest absolute Gasteiger partial charge is 0.227 e. The fraction of sp³-hybridized carbons (Fsp3) is 0.524. The number of aromatic nitrogens is 2. The molecular weight excluding hydrogens is 358 g/mol. The molecule has 1 aromatic carbocycles. The van der Waals surface area contributed by atoms with E-state index in [9.17, 15) is 0 Å². The van der Waals surface area contributed by atoms with E-state index in [1.807, 2.05) is 18.2 Å². The number of piperazine rings is 1. The molecule has 2 aromatic rings. The maximum atomic E-state index is 6.15. The van der Waals surface area contributed by atoms with Gasteiger partial charge in [-0.05, 0) is 43.9 Å². The lowest BCUT2D eigenvalue weighted by Crippen LogP contribution is -2.47. The number of anilines is 3. The predicted molar refractivity (Wildman–Crippen MR) is 113 cm³/mol. The Kier molecular flexibility index (Phi) is 5.39. The van der Waals surface area contributed by atoms with Crippen molar-refractivity contribution in [3.63, 3.8) is 0 Å². The van der Waals surface area contributed by atoms with Gasteiger partial charge in [0.05, 0.1) is 0 Å². The van der Waals surface area contributed by atoms with Crippen LogP contribution in [0.25, 0.3) is 0 Å². The van der Waals surface area contributed by atoms with Crippen molar-refractivity contribution in [2.24, 2.45) is 5.92 Å². The molecule has 0 atom stereocenters. The molecule has 3 heterocycles. The van der Waals surface area contributed by atoms with Gasteiger partial charge in [0.1, 0.15) is 5.82 Å². The van der Waals surface area contributed by atoms with Gasteiger partial charge in [0.15, 0.2) is 0 Å². The standard InChI is InChI=1S/C21H28ClN5/c1-16-6-8-27(9-7-16)21-23-17(2)14-20(24-21)26-12-10-25(11-13-26)19-5-3-4-18(22)15-19/h3-5,14-16H,6-13H2,1-2H3. The Bertz CT molecular complexity index is 780. The van der Waals surface area contributed by atoms with E-state index in [1.54, 1.807) is 0 Å². The maximum absolute atomic E-state index is 6.15. The van der Waals surface area contributed by atoms with Crippen molar-refractivity contribution < 1.29 is 0 Å². The summed E-state index contributed by atoms with van der Waals surface area (Å²) in [5, 5.41) is 0.793. The minimum absolute atomic E-state index is 0.793. The second kappa shape index (κ2) is 7.93. The van der Waals surface area contributed by atoms with Crippen LogP contribution in [0.1, 0.15) is 25.5 Å². The first-order chi connectivity index (χ1) is 13.1. The van der Waals surface area contributed by atoms with Crippen molar-refractivity contribution >= 4 is 29.1 Å². The van der Waals surface area contributed by atoms with E-state index in [-0.39, 0.29) is 0 Å². The molecular formula is C21H28ClN5. The summed E-state index contributed by atoms with van der Waals surface area (Å²) >= 11 is 6.15. The molecule has 0 radical (unpaired) electrons. The second-order valence-electron chi connectivity index (χ2n) is 7.79. The largest absolute Gasteiger partial charge is 0.368 e. The summed E-state index contributed by atoms with van der Waals surface area (Å²) in [6, 6.07) is 10.2. The molecule has 0 amide bonds. The Hall–Kier alpha value is -2.01. The molecule has 6 heteroatoms. The SMILES string of the molecule is Cc1cc(N2CCN(c3cccc(Cl)c3)CC2)nc(N2CCC(C)CC2)n1. The number of piperidine rings is 1. The van der Waals surface area contributed by atoms with Crippen LogP contribution in [0.4, 0.5) is 17.5 Å². The van der Waals surface area contributed by atoms with E-state index in [2.05, 4.69) is 40.7 Å². The van der Waals surface area contributed by atoms with Gasteiger partial charge in [0.25, 0.3) is 0 Å². The highest BCUT2D eigenvalue weighted by Crippen LogP contribution is 2.25. The fourth-order valence-electron chi connectivity index (χ4n) is 3.92. The topological polar surface area (TPSA) is 35.5 Å². The summed E-state index contributed by atoms with van der Waals surface area (Å²) in [5.41, 5.74) is 2.25. The molecule has 4 rings (SSSR count). The van der Waals surface area contributed by atoms with Crippen LogP contribution in [-0.4, -0.2) is 49.2 Å². The van der Waals surface area contributed by atoms with Crippen LogP contribution in [0, 0.1) is 12.8 Å². The average Bonchev–Trinajstić information content (AvgIpc) is 2.68. The zero-order valence-corrected chi connectivity index (χ0v) is 17.0. The first kappa shape index (κ1) is 18.4. The molecule has 0 aliphatic carbocycles. The first-order valence-corrected chi connectivity index (χ1v) is 10.3. The molecule has 0 saturated carbocycles. The number of benzene rings is 1. The Balaban J connectivity index is 1.45.